The van der Waals surface area contributed by atoms with Crippen LogP contribution in [0.1, 0.15) is 25.8 Å². The molecular formula is C13H13NO4. The van der Waals surface area contributed by atoms with Crippen LogP contribution >= 0.6 is 0 Å². The molecule has 5 heteroatoms. The molecule has 5 nitrogen and oxygen atoms in total. The second-order valence-corrected chi connectivity index (χ2v) is 4.42. The molecule has 0 bridgehead atoms. The fourth-order valence-electron chi connectivity index (χ4n) is 2.27. The summed E-state index contributed by atoms with van der Waals surface area (Å²) < 4.78 is 0. The Balaban J connectivity index is 2.61. The molecule has 0 spiro atoms. The number of para-hydroxylation sites is 1. The van der Waals surface area contributed by atoms with Crippen LogP contribution in [-0.4, -0.2) is 22.7 Å². The van der Waals surface area contributed by atoms with Crippen molar-refractivity contribution < 1.29 is 19.5 Å². The Morgan fingerprint density at radius 3 is 2.44 bits per heavy atom. The molecule has 1 aliphatic heterocycles. The number of imide groups is 1. The predicted octanol–water partition coefficient (Wildman–Crippen LogP) is 0.746. The molecule has 0 aliphatic carbocycles. The van der Waals surface area contributed by atoms with Crippen LogP contribution < -0.4 is 4.90 Å². The van der Waals surface area contributed by atoms with E-state index in [-0.39, 0.29) is 12.2 Å². The molecule has 2 rings (SSSR count). The zero-order valence-electron chi connectivity index (χ0n) is 10.1. The first-order valence-corrected chi connectivity index (χ1v) is 5.54. The van der Waals surface area contributed by atoms with Crippen molar-refractivity contribution in [1.29, 1.82) is 0 Å². The molecule has 1 unspecified atom stereocenters. The van der Waals surface area contributed by atoms with Gasteiger partial charge in [-0.25, -0.2) is 4.90 Å². The molecule has 1 aromatic carbocycles. The van der Waals surface area contributed by atoms with Gasteiger partial charge in [-0.3, -0.25) is 14.4 Å². The molecule has 0 saturated heterocycles. The molecule has 18 heavy (non-hydrogen) atoms. The van der Waals surface area contributed by atoms with Gasteiger partial charge in [-0.2, -0.15) is 0 Å². The monoisotopic (exact) mass is 247 g/mol. The molecule has 2 amide bonds. The fraction of sp³-hybridized carbons (Fsp3) is 0.308. The number of anilines is 1. The van der Waals surface area contributed by atoms with Crippen LogP contribution in [0.25, 0.3) is 0 Å². The smallest absolute Gasteiger partial charge is 0.270 e. The molecule has 0 radical (unpaired) electrons. The summed E-state index contributed by atoms with van der Waals surface area (Å²) in [4.78, 5) is 35.8. The van der Waals surface area contributed by atoms with Crippen molar-refractivity contribution in [1.82, 2.24) is 0 Å². The topological polar surface area (TPSA) is 74.7 Å². The van der Waals surface area contributed by atoms with Crippen LogP contribution in [0.15, 0.2) is 24.3 Å². The second-order valence-electron chi connectivity index (χ2n) is 4.42. The third kappa shape index (κ3) is 1.64. The number of Topliss-reactive ketones (excluding diaryl/α,β-unsaturated/α-hetero) is 1. The van der Waals surface area contributed by atoms with Gasteiger partial charge in [0.2, 0.25) is 5.91 Å². The minimum absolute atomic E-state index is 0.306. The molecule has 0 saturated carbocycles. The summed E-state index contributed by atoms with van der Waals surface area (Å²) in [6.45, 7) is 2.54. The van der Waals surface area contributed by atoms with E-state index in [4.69, 9.17) is 0 Å². The first-order valence-electron chi connectivity index (χ1n) is 5.54. The molecular weight excluding hydrogens is 234 g/mol. The lowest BCUT2D eigenvalue weighted by molar-refractivity contribution is -0.143. The van der Waals surface area contributed by atoms with Gasteiger partial charge in [0, 0.05) is 18.9 Å². The summed E-state index contributed by atoms with van der Waals surface area (Å²) >= 11 is 0. The van der Waals surface area contributed by atoms with Crippen molar-refractivity contribution in [2.45, 2.75) is 25.9 Å². The third-order valence-electron chi connectivity index (χ3n) is 2.97. The van der Waals surface area contributed by atoms with Gasteiger partial charge in [-0.1, -0.05) is 18.2 Å². The highest BCUT2D eigenvalue weighted by Crippen LogP contribution is 2.42. The lowest BCUT2D eigenvalue weighted by Crippen LogP contribution is -2.43. The van der Waals surface area contributed by atoms with Gasteiger partial charge in [-0.05, 0) is 13.0 Å². The summed E-state index contributed by atoms with van der Waals surface area (Å²) in [7, 11) is 0. The number of ketones is 1. The van der Waals surface area contributed by atoms with Gasteiger partial charge in [0.05, 0.1) is 5.69 Å². The average Bonchev–Trinajstić information content (AvgIpc) is 2.48. The maximum absolute atomic E-state index is 12.2. The minimum atomic E-state index is -1.92. The van der Waals surface area contributed by atoms with Gasteiger partial charge in [0.1, 0.15) is 5.78 Å². The molecule has 1 aliphatic rings. The third-order valence-corrected chi connectivity index (χ3v) is 2.97. The lowest BCUT2D eigenvalue weighted by atomic mass is 9.90. The van der Waals surface area contributed by atoms with Crippen molar-refractivity contribution in [2.75, 3.05) is 4.90 Å². The Bertz CT molecular complexity index is 552. The Morgan fingerprint density at radius 1 is 1.28 bits per heavy atom. The van der Waals surface area contributed by atoms with E-state index in [1.165, 1.54) is 13.8 Å². The largest absolute Gasteiger partial charge is 0.375 e. The molecule has 0 fully saturated rings. The van der Waals surface area contributed by atoms with E-state index in [9.17, 15) is 19.5 Å². The lowest BCUT2D eigenvalue weighted by Gasteiger charge is -2.20. The molecule has 0 aromatic heterocycles. The van der Waals surface area contributed by atoms with E-state index in [1.807, 2.05) is 0 Å². The minimum Gasteiger partial charge on any atom is -0.375 e. The Labute approximate surface area is 104 Å². The second kappa shape index (κ2) is 4.03. The Kier molecular flexibility index (Phi) is 2.78. The van der Waals surface area contributed by atoms with Crippen LogP contribution in [0.2, 0.25) is 0 Å². The van der Waals surface area contributed by atoms with E-state index in [1.54, 1.807) is 24.3 Å². The predicted molar refractivity (Wildman–Crippen MR) is 63.8 cm³/mol. The molecule has 1 heterocycles. The number of hydrogen-bond donors (Lipinski definition) is 1. The van der Waals surface area contributed by atoms with Gasteiger partial charge in [-0.15, -0.1) is 0 Å². The quantitative estimate of drug-likeness (QED) is 0.836. The van der Waals surface area contributed by atoms with Gasteiger partial charge < -0.3 is 5.11 Å². The van der Waals surface area contributed by atoms with E-state index in [0.717, 1.165) is 4.90 Å². The Hall–Kier alpha value is -2.01. The first kappa shape index (κ1) is 12.4. The van der Waals surface area contributed by atoms with Crippen molar-refractivity contribution in [3.63, 3.8) is 0 Å². The maximum atomic E-state index is 12.2. The first-order chi connectivity index (χ1) is 8.38. The summed E-state index contributed by atoms with van der Waals surface area (Å²) in [5, 5.41) is 10.4. The molecule has 94 valence electrons. The highest BCUT2D eigenvalue weighted by Gasteiger charge is 2.51. The van der Waals surface area contributed by atoms with Gasteiger partial charge in [0.25, 0.3) is 5.91 Å². The number of rotatable bonds is 2. The van der Waals surface area contributed by atoms with Crippen LogP contribution in [0, 0.1) is 0 Å². The van der Waals surface area contributed by atoms with Crippen molar-refractivity contribution in [3.8, 4) is 0 Å². The average molecular weight is 247 g/mol. The van der Waals surface area contributed by atoms with E-state index >= 15 is 0 Å². The van der Waals surface area contributed by atoms with Crippen LogP contribution in [0.4, 0.5) is 5.69 Å². The number of fused-ring (bicyclic) bond motifs is 1. The highest BCUT2D eigenvalue weighted by molar-refractivity contribution is 6.22. The van der Waals surface area contributed by atoms with Crippen molar-refractivity contribution in [3.05, 3.63) is 29.8 Å². The molecule has 1 aromatic rings. The van der Waals surface area contributed by atoms with E-state index in [2.05, 4.69) is 0 Å². The zero-order valence-corrected chi connectivity index (χ0v) is 10.1. The highest BCUT2D eigenvalue weighted by atomic mass is 16.3. The SMILES string of the molecule is CC(=O)CC1(O)C(=O)N(C(C)=O)c2ccccc21. The Morgan fingerprint density at radius 2 is 1.89 bits per heavy atom. The van der Waals surface area contributed by atoms with Crippen LogP contribution in [-0.2, 0) is 20.0 Å². The summed E-state index contributed by atoms with van der Waals surface area (Å²) in [5.74, 6) is -1.55. The standard InChI is InChI=1S/C13H13NO4/c1-8(15)7-13(18)10-5-3-4-6-11(10)14(9(2)16)12(13)17/h3-6,18H,7H2,1-2H3. The number of aliphatic hydroxyl groups is 1. The van der Waals surface area contributed by atoms with Crippen LogP contribution in [0.3, 0.4) is 0 Å². The van der Waals surface area contributed by atoms with E-state index < -0.39 is 17.4 Å². The summed E-state index contributed by atoms with van der Waals surface area (Å²) in [6.07, 6.45) is -0.327. The number of carbonyl (C=O) groups excluding carboxylic acids is 3. The van der Waals surface area contributed by atoms with Crippen molar-refractivity contribution in [2.24, 2.45) is 0 Å². The zero-order chi connectivity index (χ0) is 13.5. The van der Waals surface area contributed by atoms with Crippen molar-refractivity contribution >= 4 is 23.3 Å². The van der Waals surface area contributed by atoms with Crippen LogP contribution in [0.5, 0.6) is 0 Å². The van der Waals surface area contributed by atoms with Gasteiger partial charge in [0.15, 0.2) is 5.60 Å². The maximum Gasteiger partial charge on any atom is 0.270 e. The number of nitrogens with zero attached hydrogens (tertiary/aromatic N) is 1. The fourth-order valence-corrected chi connectivity index (χ4v) is 2.27. The number of hydrogen-bond acceptors (Lipinski definition) is 4. The number of benzene rings is 1. The summed E-state index contributed by atoms with van der Waals surface area (Å²) in [6, 6.07) is 6.45. The van der Waals surface area contributed by atoms with Gasteiger partial charge >= 0.3 is 0 Å². The normalized spacial score (nSPS) is 21.9. The van der Waals surface area contributed by atoms with E-state index in [0.29, 0.717) is 11.3 Å². The molecule has 1 N–H and O–H groups in total. The summed E-state index contributed by atoms with van der Waals surface area (Å²) in [5.41, 5.74) is -1.27. The number of amides is 2. The molecule has 1 atom stereocenters. The number of carbonyl (C=O) groups is 3.